The van der Waals surface area contributed by atoms with Crippen molar-refractivity contribution in [3.8, 4) is 0 Å². The molecule has 9 heavy (non-hydrogen) atoms. The van der Waals surface area contributed by atoms with Crippen LogP contribution in [0.1, 0.15) is 12.8 Å². The molecule has 2 bridgehead atoms. The van der Waals surface area contributed by atoms with Gasteiger partial charge in [-0.15, -0.1) is 6.58 Å². The molecule has 0 amide bonds. The summed E-state index contributed by atoms with van der Waals surface area (Å²) in [6, 6.07) is 0. The number of carbonyl (C=O) groups is 1. The van der Waals surface area contributed by atoms with Gasteiger partial charge in [-0.1, -0.05) is 6.08 Å². The van der Waals surface area contributed by atoms with Crippen LogP contribution in [0.5, 0.6) is 0 Å². The lowest BCUT2D eigenvalue weighted by Gasteiger charge is -2.30. The fourth-order valence-electron chi connectivity index (χ4n) is 2.11. The molecule has 48 valence electrons. The molecule has 0 aliphatic heterocycles. The van der Waals surface area contributed by atoms with Gasteiger partial charge in [0.05, 0.1) is 0 Å². The lowest BCUT2D eigenvalue weighted by Crippen LogP contribution is -2.27. The highest BCUT2D eigenvalue weighted by Gasteiger charge is 2.50. The zero-order chi connectivity index (χ0) is 6.43. The molecule has 3 unspecified atom stereocenters. The summed E-state index contributed by atoms with van der Waals surface area (Å²) in [5, 5.41) is 0. The Morgan fingerprint density at radius 1 is 1.67 bits per heavy atom. The van der Waals surface area contributed by atoms with Crippen molar-refractivity contribution in [2.45, 2.75) is 12.8 Å². The van der Waals surface area contributed by atoms with Gasteiger partial charge in [-0.25, -0.2) is 0 Å². The molecule has 0 aromatic rings. The summed E-state index contributed by atoms with van der Waals surface area (Å²) in [4.78, 5) is 10.9. The molecule has 3 atom stereocenters. The fraction of sp³-hybridized carbons (Fsp3) is 0.625. The molecule has 0 heterocycles. The molecule has 3 rings (SSSR count). The average Bonchev–Trinajstić information content (AvgIpc) is 2.22. The predicted octanol–water partition coefficient (Wildman–Crippen LogP) is 1.40. The van der Waals surface area contributed by atoms with E-state index in [1.165, 1.54) is 0 Å². The lowest BCUT2D eigenvalue weighted by atomic mass is 9.72. The van der Waals surface area contributed by atoms with Gasteiger partial charge < -0.3 is 0 Å². The Labute approximate surface area is 54.8 Å². The quantitative estimate of drug-likeness (QED) is 0.480. The first kappa shape index (κ1) is 5.21. The second-order valence-electron chi connectivity index (χ2n) is 3.09. The van der Waals surface area contributed by atoms with Crippen LogP contribution >= 0.6 is 0 Å². The Kier molecular flexibility index (Phi) is 0.850. The molecule has 0 radical (unpaired) electrons. The van der Waals surface area contributed by atoms with Crippen molar-refractivity contribution < 1.29 is 4.79 Å². The van der Waals surface area contributed by atoms with E-state index in [1.807, 2.05) is 6.08 Å². The second-order valence-corrected chi connectivity index (χ2v) is 3.09. The predicted molar refractivity (Wildman–Crippen MR) is 34.9 cm³/mol. The first-order valence-electron chi connectivity index (χ1n) is 3.48. The number of ketones is 1. The fourth-order valence-corrected chi connectivity index (χ4v) is 2.11. The Balaban J connectivity index is 2.21. The number of hydrogen-bond acceptors (Lipinski definition) is 1. The summed E-state index contributed by atoms with van der Waals surface area (Å²) >= 11 is 0. The van der Waals surface area contributed by atoms with Gasteiger partial charge in [0, 0.05) is 12.3 Å². The number of hydrogen-bond donors (Lipinski definition) is 0. The van der Waals surface area contributed by atoms with Gasteiger partial charge in [0.25, 0.3) is 0 Å². The van der Waals surface area contributed by atoms with Crippen molar-refractivity contribution in [2.24, 2.45) is 17.8 Å². The van der Waals surface area contributed by atoms with Crippen LogP contribution in [0.15, 0.2) is 12.7 Å². The minimum Gasteiger partial charge on any atom is -0.299 e. The largest absolute Gasteiger partial charge is 0.299 e. The lowest BCUT2D eigenvalue weighted by molar-refractivity contribution is -0.120. The minimum atomic E-state index is 0.382. The third-order valence-electron chi connectivity index (χ3n) is 2.71. The number of Topliss-reactive ketones (excluding diaryl/α,β-unsaturated/α-hetero) is 1. The summed E-state index contributed by atoms with van der Waals surface area (Å²) in [5.41, 5.74) is 0. The molecule has 0 spiro atoms. The van der Waals surface area contributed by atoms with E-state index in [4.69, 9.17) is 0 Å². The monoisotopic (exact) mass is 122 g/mol. The van der Waals surface area contributed by atoms with Gasteiger partial charge >= 0.3 is 0 Å². The maximum absolute atomic E-state index is 10.9. The van der Waals surface area contributed by atoms with E-state index in [0.29, 0.717) is 23.5 Å². The molecule has 3 fully saturated rings. The SMILES string of the molecule is C=CC1C2CC(=O)C1C2. The maximum atomic E-state index is 10.9. The van der Waals surface area contributed by atoms with Crippen LogP contribution in [0.25, 0.3) is 0 Å². The molecule has 3 saturated carbocycles. The van der Waals surface area contributed by atoms with Crippen molar-refractivity contribution in [1.82, 2.24) is 0 Å². The molecule has 3 aliphatic rings. The van der Waals surface area contributed by atoms with Crippen molar-refractivity contribution in [1.29, 1.82) is 0 Å². The van der Waals surface area contributed by atoms with E-state index in [2.05, 4.69) is 6.58 Å². The highest BCUT2D eigenvalue weighted by atomic mass is 16.1. The van der Waals surface area contributed by atoms with Crippen molar-refractivity contribution in [3.05, 3.63) is 12.7 Å². The highest BCUT2D eigenvalue weighted by molar-refractivity contribution is 5.87. The summed E-state index contributed by atoms with van der Waals surface area (Å²) in [5.74, 6) is 2.09. The van der Waals surface area contributed by atoms with Crippen LogP contribution in [-0.4, -0.2) is 5.78 Å². The normalized spacial score (nSPS) is 46.7. The van der Waals surface area contributed by atoms with Gasteiger partial charge in [-0.3, -0.25) is 4.79 Å². The van der Waals surface area contributed by atoms with Crippen LogP contribution < -0.4 is 0 Å². The third-order valence-corrected chi connectivity index (χ3v) is 2.71. The van der Waals surface area contributed by atoms with E-state index < -0.39 is 0 Å². The zero-order valence-electron chi connectivity index (χ0n) is 5.34. The van der Waals surface area contributed by atoms with E-state index >= 15 is 0 Å². The number of rotatable bonds is 1. The third kappa shape index (κ3) is 0.473. The van der Waals surface area contributed by atoms with Crippen molar-refractivity contribution >= 4 is 5.78 Å². The van der Waals surface area contributed by atoms with Crippen LogP contribution in [-0.2, 0) is 4.79 Å². The molecule has 3 aliphatic carbocycles. The van der Waals surface area contributed by atoms with Crippen LogP contribution in [0, 0.1) is 17.8 Å². The van der Waals surface area contributed by atoms with Crippen LogP contribution in [0.2, 0.25) is 0 Å². The van der Waals surface area contributed by atoms with E-state index in [9.17, 15) is 4.79 Å². The molecule has 1 nitrogen and oxygen atoms in total. The molecule has 0 saturated heterocycles. The standard InChI is InChI=1S/C8H10O/c1-2-6-5-3-7(6)8(9)4-5/h2,5-7H,1,3-4H2. The summed E-state index contributed by atoms with van der Waals surface area (Å²) in [6.45, 7) is 3.71. The van der Waals surface area contributed by atoms with Gasteiger partial charge in [-0.05, 0) is 18.3 Å². The summed E-state index contributed by atoms with van der Waals surface area (Å²) < 4.78 is 0. The molecule has 0 N–H and O–H groups in total. The second kappa shape index (κ2) is 1.47. The van der Waals surface area contributed by atoms with Gasteiger partial charge in [0.1, 0.15) is 5.78 Å². The molecular weight excluding hydrogens is 112 g/mol. The Hall–Kier alpha value is -0.590. The average molecular weight is 122 g/mol. The first-order valence-corrected chi connectivity index (χ1v) is 3.48. The van der Waals surface area contributed by atoms with Gasteiger partial charge in [0.15, 0.2) is 0 Å². The topological polar surface area (TPSA) is 17.1 Å². The molecule has 0 aromatic carbocycles. The smallest absolute Gasteiger partial charge is 0.136 e. The molecule has 1 heteroatoms. The van der Waals surface area contributed by atoms with Crippen LogP contribution in [0.3, 0.4) is 0 Å². The highest BCUT2D eigenvalue weighted by Crippen LogP contribution is 2.51. The van der Waals surface area contributed by atoms with Crippen molar-refractivity contribution in [3.63, 3.8) is 0 Å². The Morgan fingerprint density at radius 3 is 2.67 bits per heavy atom. The Morgan fingerprint density at radius 2 is 2.44 bits per heavy atom. The number of allylic oxidation sites excluding steroid dienone is 1. The van der Waals surface area contributed by atoms with E-state index in [-0.39, 0.29) is 0 Å². The summed E-state index contributed by atoms with van der Waals surface area (Å²) in [6.07, 6.45) is 3.93. The van der Waals surface area contributed by atoms with Crippen LogP contribution in [0.4, 0.5) is 0 Å². The minimum absolute atomic E-state index is 0.382. The maximum Gasteiger partial charge on any atom is 0.136 e. The van der Waals surface area contributed by atoms with E-state index in [0.717, 1.165) is 12.8 Å². The first-order chi connectivity index (χ1) is 4.33. The van der Waals surface area contributed by atoms with Gasteiger partial charge in [0.2, 0.25) is 0 Å². The van der Waals surface area contributed by atoms with Crippen molar-refractivity contribution in [2.75, 3.05) is 0 Å². The summed E-state index contributed by atoms with van der Waals surface area (Å²) in [7, 11) is 0. The molecule has 0 aromatic heterocycles. The van der Waals surface area contributed by atoms with E-state index in [1.54, 1.807) is 0 Å². The number of fused-ring (bicyclic) bond motifs is 1. The molecular formula is C8H10O. The van der Waals surface area contributed by atoms with Gasteiger partial charge in [-0.2, -0.15) is 0 Å². The number of carbonyl (C=O) groups excluding carboxylic acids is 1. The zero-order valence-corrected chi connectivity index (χ0v) is 5.34. The Bertz CT molecular complexity index is 171.